The molecule has 6 nitrogen and oxygen atoms in total. The van der Waals surface area contributed by atoms with Gasteiger partial charge in [-0.05, 0) is 65.1 Å². The second-order valence-corrected chi connectivity index (χ2v) is 9.16. The number of nitrogens with zero attached hydrogens (tertiary/aromatic N) is 1. The normalized spacial score (nSPS) is 16.6. The Morgan fingerprint density at radius 2 is 1.89 bits per heavy atom. The van der Waals surface area contributed by atoms with Gasteiger partial charge in [-0.2, -0.15) is 0 Å². The highest BCUT2D eigenvalue weighted by Gasteiger charge is 2.34. The van der Waals surface area contributed by atoms with Crippen molar-refractivity contribution in [2.45, 2.75) is 18.9 Å². The van der Waals surface area contributed by atoms with Crippen molar-refractivity contribution >= 4 is 28.9 Å². The van der Waals surface area contributed by atoms with E-state index in [1.54, 1.807) is 36.4 Å². The number of benzene rings is 3. The minimum atomic E-state index is -0.383. The minimum Gasteiger partial charge on any atom is -0.493 e. The van der Waals surface area contributed by atoms with Gasteiger partial charge in [0, 0.05) is 35.6 Å². The summed E-state index contributed by atoms with van der Waals surface area (Å²) in [6.45, 7) is 1.32. The smallest absolute Gasteiger partial charge is 0.337 e. The number of hydrogen-bond donors (Lipinski definition) is 1. The molecular formula is C30H26N2O4. The topological polar surface area (TPSA) is 71.6 Å². The predicted molar refractivity (Wildman–Crippen MR) is 138 cm³/mol. The highest BCUT2D eigenvalue weighted by atomic mass is 16.5. The second-order valence-electron chi connectivity index (χ2n) is 9.16. The Morgan fingerprint density at radius 3 is 2.72 bits per heavy atom. The summed E-state index contributed by atoms with van der Waals surface area (Å²) in [5, 5.41) is 1.22. The molecule has 1 atom stereocenters. The molecule has 1 aromatic heterocycles. The van der Waals surface area contributed by atoms with Crippen molar-refractivity contribution < 1.29 is 19.1 Å². The minimum absolute atomic E-state index is 0.0573. The lowest BCUT2D eigenvalue weighted by atomic mass is 9.91. The van der Waals surface area contributed by atoms with Gasteiger partial charge < -0.3 is 19.4 Å². The number of aromatic amines is 1. The van der Waals surface area contributed by atoms with E-state index in [2.05, 4.69) is 35.3 Å². The molecule has 3 heterocycles. The number of carbonyl (C=O) groups is 2. The van der Waals surface area contributed by atoms with Gasteiger partial charge in [0.15, 0.2) is 0 Å². The quantitative estimate of drug-likeness (QED) is 0.328. The average Bonchev–Trinajstić information content (AvgIpc) is 3.55. The number of esters is 1. The molecule has 0 saturated carbocycles. The van der Waals surface area contributed by atoms with E-state index in [1.165, 1.54) is 23.6 Å². The number of para-hydroxylation sites is 1. The summed E-state index contributed by atoms with van der Waals surface area (Å²) < 4.78 is 10.5. The predicted octanol–water partition coefficient (Wildman–Crippen LogP) is 5.08. The Morgan fingerprint density at radius 1 is 1.06 bits per heavy atom. The monoisotopic (exact) mass is 478 g/mol. The first kappa shape index (κ1) is 22.2. The van der Waals surface area contributed by atoms with Crippen molar-refractivity contribution in [2.75, 3.05) is 20.3 Å². The van der Waals surface area contributed by atoms with E-state index >= 15 is 0 Å². The van der Waals surface area contributed by atoms with Gasteiger partial charge in [0.1, 0.15) is 5.75 Å². The van der Waals surface area contributed by atoms with Gasteiger partial charge in [0.25, 0.3) is 0 Å². The van der Waals surface area contributed by atoms with Crippen molar-refractivity contribution in [1.29, 1.82) is 0 Å². The molecule has 3 aromatic carbocycles. The molecule has 4 aromatic rings. The SMILES string of the molecule is COC(=O)c1ccc(/C=C/C(=O)N2CCc3c([nH]c4ccccc34)C2c2ccc3c(c2)CCO3)cc1. The fourth-order valence-electron chi connectivity index (χ4n) is 5.31. The molecule has 0 fully saturated rings. The standard InChI is InChI=1S/C30H26N2O4/c1-35-30(34)20-9-6-19(7-10-20)8-13-27(33)32-16-14-24-23-4-2-3-5-25(23)31-28(24)29(32)22-11-12-26-21(18-22)15-17-36-26/h2-13,18,29,31H,14-17H2,1H3/b13-8+. The molecule has 6 rings (SSSR count). The molecule has 0 bridgehead atoms. The number of aromatic nitrogens is 1. The van der Waals surface area contributed by atoms with E-state index in [1.807, 2.05) is 17.0 Å². The fourth-order valence-corrected chi connectivity index (χ4v) is 5.31. The lowest BCUT2D eigenvalue weighted by Gasteiger charge is -2.36. The van der Waals surface area contributed by atoms with E-state index in [0.717, 1.165) is 40.9 Å². The number of amides is 1. The summed E-state index contributed by atoms with van der Waals surface area (Å²) in [6.07, 6.45) is 5.07. The number of H-pyrrole nitrogens is 1. The Labute approximate surface area is 209 Å². The Hall–Kier alpha value is -4.32. The third-order valence-corrected chi connectivity index (χ3v) is 7.10. The first-order valence-corrected chi connectivity index (χ1v) is 12.1. The molecule has 0 aliphatic carbocycles. The lowest BCUT2D eigenvalue weighted by molar-refractivity contribution is -0.128. The van der Waals surface area contributed by atoms with Crippen molar-refractivity contribution in [3.05, 3.63) is 106 Å². The van der Waals surface area contributed by atoms with Gasteiger partial charge in [-0.3, -0.25) is 4.79 Å². The van der Waals surface area contributed by atoms with E-state index in [0.29, 0.717) is 18.7 Å². The first-order valence-electron chi connectivity index (χ1n) is 12.1. The number of carbonyl (C=O) groups excluding carboxylic acids is 2. The summed E-state index contributed by atoms with van der Waals surface area (Å²) in [7, 11) is 1.36. The van der Waals surface area contributed by atoms with Crippen LogP contribution in [0.3, 0.4) is 0 Å². The van der Waals surface area contributed by atoms with Gasteiger partial charge in [-0.15, -0.1) is 0 Å². The Balaban J connectivity index is 1.35. The van der Waals surface area contributed by atoms with Gasteiger partial charge in [0.2, 0.25) is 5.91 Å². The Bertz CT molecular complexity index is 1500. The molecule has 6 heteroatoms. The average molecular weight is 479 g/mol. The second kappa shape index (κ2) is 9.04. The van der Waals surface area contributed by atoms with E-state index in [9.17, 15) is 9.59 Å². The largest absolute Gasteiger partial charge is 0.493 e. The molecule has 0 radical (unpaired) electrons. The van der Waals surface area contributed by atoms with Crippen LogP contribution in [0, 0.1) is 0 Å². The van der Waals surface area contributed by atoms with Crippen LogP contribution in [0.25, 0.3) is 17.0 Å². The van der Waals surface area contributed by atoms with Crippen molar-refractivity contribution in [2.24, 2.45) is 0 Å². The number of hydrogen-bond acceptors (Lipinski definition) is 4. The Kier molecular flexibility index (Phi) is 5.56. The third-order valence-electron chi connectivity index (χ3n) is 7.10. The molecule has 2 aliphatic rings. The van der Waals surface area contributed by atoms with E-state index < -0.39 is 0 Å². The van der Waals surface area contributed by atoms with Crippen LogP contribution < -0.4 is 4.74 Å². The van der Waals surface area contributed by atoms with E-state index in [-0.39, 0.29) is 17.9 Å². The zero-order valence-electron chi connectivity index (χ0n) is 20.0. The van der Waals surface area contributed by atoms with Crippen molar-refractivity contribution in [3.8, 4) is 5.75 Å². The van der Waals surface area contributed by atoms with Gasteiger partial charge in [-0.25, -0.2) is 4.79 Å². The van der Waals surface area contributed by atoms with Crippen LogP contribution in [0.5, 0.6) is 5.75 Å². The van der Waals surface area contributed by atoms with Crippen molar-refractivity contribution in [3.63, 3.8) is 0 Å². The zero-order chi connectivity index (χ0) is 24.6. The third kappa shape index (κ3) is 3.85. The van der Waals surface area contributed by atoms with Crippen LogP contribution in [0.2, 0.25) is 0 Å². The van der Waals surface area contributed by atoms with Gasteiger partial charge in [-0.1, -0.05) is 36.4 Å². The summed E-state index contributed by atoms with van der Waals surface area (Å²) in [6, 6.07) is 21.4. The van der Waals surface area contributed by atoms with Crippen LogP contribution in [0.4, 0.5) is 0 Å². The van der Waals surface area contributed by atoms with Crippen molar-refractivity contribution in [1.82, 2.24) is 9.88 Å². The lowest BCUT2D eigenvalue weighted by Crippen LogP contribution is -2.39. The molecule has 0 saturated heterocycles. The zero-order valence-corrected chi connectivity index (χ0v) is 20.0. The molecule has 180 valence electrons. The summed E-state index contributed by atoms with van der Waals surface area (Å²) in [4.78, 5) is 30.8. The molecule has 1 unspecified atom stereocenters. The number of methoxy groups -OCH3 is 1. The number of rotatable bonds is 4. The maximum atomic E-state index is 13.6. The molecule has 1 amide bonds. The molecular weight excluding hydrogens is 452 g/mol. The van der Waals surface area contributed by atoms with Crippen LogP contribution in [-0.4, -0.2) is 42.0 Å². The van der Waals surface area contributed by atoms with Gasteiger partial charge in [0.05, 0.1) is 25.3 Å². The maximum Gasteiger partial charge on any atom is 0.337 e. The highest BCUT2D eigenvalue weighted by molar-refractivity contribution is 5.94. The van der Waals surface area contributed by atoms with Gasteiger partial charge >= 0.3 is 5.97 Å². The fraction of sp³-hybridized carbons (Fsp3) is 0.200. The maximum absolute atomic E-state index is 13.6. The van der Waals surface area contributed by atoms with Crippen LogP contribution in [0.1, 0.15) is 44.3 Å². The molecule has 0 spiro atoms. The molecule has 1 N–H and O–H groups in total. The summed E-state index contributed by atoms with van der Waals surface area (Å²) in [5.41, 5.74) is 7.02. The highest BCUT2D eigenvalue weighted by Crippen LogP contribution is 2.40. The number of fused-ring (bicyclic) bond motifs is 4. The van der Waals surface area contributed by atoms with Crippen LogP contribution in [0.15, 0.2) is 72.8 Å². The van der Waals surface area contributed by atoms with E-state index in [4.69, 9.17) is 9.47 Å². The summed E-state index contributed by atoms with van der Waals surface area (Å²) in [5.74, 6) is 0.490. The summed E-state index contributed by atoms with van der Waals surface area (Å²) >= 11 is 0. The first-order chi connectivity index (χ1) is 17.6. The number of nitrogens with one attached hydrogen (secondary N) is 1. The van der Waals surface area contributed by atoms with Crippen LogP contribution >= 0.6 is 0 Å². The molecule has 2 aliphatic heterocycles. The van der Waals surface area contributed by atoms with Crippen LogP contribution in [-0.2, 0) is 22.4 Å². The number of ether oxygens (including phenoxy) is 2. The molecule has 36 heavy (non-hydrogen) atoms.